The molecule has 1 fully saturated rings. The van der Waals surface area contributed by atoms with Crippen molar-refractivity contribution in [3.8, 4) is 33.8 Å². The summed E-state index contributed by atoms with van der Waals surface area (Å²) in [7, 11) is 1.56. The van der Waals surface area contributed by atoms with Crippen LogP contribution in [-0.2, 0) is 6.54 Å². The van der Waals surface area contributed by atoms with Crippen LogP contribution in [0.2, 0.25) is 0 Å². The number of amides is 1. The summed E-state index contributed by atoms with van der Waals surface area (Å²) >= 11 is 0. The van der Waals surface area contributed by atoms with Gasteiger partial charge >= 0.3 is 0 Å². The van der Waals surface area contributed by atoms with E-state index in [9.17, 15) is 13.6 Å². The lowest BCUT2D eigenvalue weighted by atomic mass is 10.00. The van der Waals surface area contributed by atoms with Crippen LogP contribution in [0.15, 0.2) is 84.9 Å². The van der Waals surface area contributed by atoms with Gasteiger partial charge in [-0.05, 0) is 90.6 Å². The summed E-state index contributed by atoms with van der Waals surface area (Å²) in [5.41, 5.74) is 5.12. The molecule has 0 aromatic heterocycles. The number of nitrogens with one attached hydrogen (secondary N) is 1. The topological polar surface area (TPSA) is 50.8 Å². The molecular formula is C34H34F2N2O3. The number of rotatable bonds is 9. The molecule has 0 aliphatic carbocycles. The lowest BCUT2D eigenvalue weighted by molar-refractivity contribution is 0.0908. The highest BCUT2D eigenvalue weighted by Gasteiger charge is 2.22. The molecule has 0 bridgehead atoms. The third-order valence-corrected chi connectivity index (χ3v) is 7.41. The quantitative estimate of drug-likeness (QED) is 0.239. The molecule has 4 aromatic rings. The van der Waals surface area contributed by atoms with Crippen molar-refractivity contribution < 1.29 is 23.0 Å². The Morgan fingerprint density at radius 2 is 1.51 bits per heavy atom. The van der Waals surface area contributed by atoms with Crippen LogP contribution in [0.4, 0.5) is 8.78 Å². The molecule has 0 radical (unpaired) electrons. The number of carbonyl (C=O) groups excluding carboxylic acids is 1. The predicted molar refractivity (Wildman–Crippen MR) is 157 cm³/mol. The van der Waals surface area contributed by atoms with Gasteiger partial charge in [0, 0.05) is 36.8 Å². The second-order valence-corrected chi connectivity index (χ2v) is 10.3. The van der Waals surface area contributed by atoms with Crippen molar-refractivity contribution in [3.05, 3.63) is 108 Å². The number of hydrogen-bond donors (Lipinski definition) is 1. The number of methoxy groups -OCH3 is 1. The molecule has 1 saturated heterocycles. The van der Waals surface area contributed by atoms with Crippen molar-refractivity contribution in [1.82, 2.24) is 10.2 Å². The molecule has 5 rings (SSSR count). The van der Waals surface area contributed by atoms with Crippen LogP contribution < -0.4 is 14.8 Å². The maximum absolute atomic E-state index is 13.4. The van der Waals surface area contributed by atoms with Crippen LogP contribution in [0.5, 0.6) is 11.5 Å². The number of nitrogens with zero attached hydrogens (tertiary/aromatic N) is 1. The lowest BCUT2D eigenvalue weighted by Crippen LogP contribution is -2.44. The minimum atomic E-state index is -0.308. The molecule has 4 aromatic carbocycles. The first-order chi connectivity index (χ1) is 19.9. The van der Waals surface area contributed by atoms with E-state index >= 15 is 0 Å². The smallest absolute Gasteiger partial charge is 0.251 e. The summed E-state index contributed by atoms with van der Waals surface area (Å²) < 4.78 is 38.2. The number of hydrogen-bond acceptors (Lipinski definition) is 4. The summed E-state index contributed by atoms with van der Waals surface area (Å²) in [6.07, 6.45) is 1.68. The molecule has 212 valence electrons. The molecule has 0 saturated carbocycles. The first-order valence-corrected chi connectivity index (χ1v) is 13.9. The van der Waals surface area contributed by atoms with Crippen LogP contribution in [0, 0.1) is 11.6 Å². The molecule has 0 spiro atoms. The first-order valence-electron chi connectivity index (χ1n) is 13.9. The van der Waals surface area contributed by atoms with Gasteiger partial charge < -0.3 is 14.8 Å². The van der Waals surface area contributed by atoms with E-state index in [1.807, 2.05) is 25.1 Å². The molecular weight excluding hydrogens is 522 g/mol. The van der Waals surface area contributed by atoms with Crippen molar-refractivity contribution in [1.29, 1.82) is 0 Å². The summed E-state index contributed by atoms with van der Waals surface area (Å²) in [6.45, 7) is 4.99. The number of carbonyl (C=O) groups is 1. The Morgan fingerprint density at radius 1 is 0.854 bits per heavy atom. The van der Waals surface area contributed by atoms with Crippen molar-refractivity contribution in [2.75, 3.05) is 26.8 Å². The lowest BCUT2D eigenvalue weighted by Gasteiger charge is -2.32. The van der Waals surface area contributed by atoms with Crippen molar-refractivity contribution >= 4 is 5.91 Å². The fourth-order valence-electron chi connectivity index (χ4n) is 5.23. The third kappa shape index (κ3) is 7.11. The second kappa shape index (κ2) is 13.0. The molecule has 1 aliphatic rings. The largest absolute Gasteiger partial charge is 0.497 e. The molecule has 1 heterocycles. The van der Waals surface area contributed by atoms with E-state index in [-0.39, 0.29) is 23.6 Å². The average Bonchev–Trinajstić information content (AvgIpc) is 2.99. The maximum Gasteiger partial charge on any atom is 0.251 e. The van der Waals surface area contributed by atoms with Crippen LogP contribution in [0.25, 0.3) is 22.3 Å². The van der Waals surface area contributed by atoms with E-state index in [4.69, 9.17) is 9.47 Å². The van der Waals surface area contributed by atoms with E-state index in [0.717, 1.165) is 66.0 Å². The highest BCUT2D eigenvalue weighted by Crippen LogP contribution is 2.32. The average molecular weight is 557 g/mol. The van der Waals surface area contributed by atoms with Gasteiger partial charge in [0.1, 0.15) is 23.1 Å². The van der Waals surface area contributed by atoms with Gasteiger partial charge in [0.25, 0.3) is 5.91 Å². The second-order valence-electron chi connectivity index (χ2n) is 10.3. The Labute approximate surface area is 239 Å². The van der Waals surface area contributed by atoms with E-state index in [0.29, 0.717) is 17.9 Å². The van der Waals surface area contributed by atoms with Gasteiger partial charge in [-0.3, -0.25) is 9.69 Å². The molecule has 5 nitrogen and oxygen atoms in total. The molecule has 41 heavy (non-hydrogen) atoms. The van der Waals surface area contributed by atoms with Gasteiger partial charge in [-0.25, -0.2) is 8.78 Å². The van der Waals surface area contributed by atoms with Gasteiger partial charge in [-0.2, -0.15) is 0 Å². The summed E-state index contributed by atoms with van der Waals surface area (Å²) in [5.74, 6) is 0.642. The monoisotopic (exact) mass is 556 g/mol. The van der Waals surface area contributed by atoms with Crippen LogP contribution in [-0.4, -0.2) is 43.7 Å². The number of halogens is 2. The van der Waals surface area contributed by atoms with Gasteiger partial charge in [0.2, 0.25) is 0 Å². The zero-order valence-corrected chi connectivity index (χ0v) is 23.3. The zero-order chi connectivity index (χ0) is 28.8. The normalized spacial score (nSPS) is 14.0. The maximum atomic E-state index is 13.4. The highest BCUT2D eigenvalue weighted by atomic mass is 19.1. The van der Waals surface area contributed by atoms with Crippen LogP contribution in [0.1, 0.15) is 35.7 Å². The van der Waals surface area contributed by atoms with Gasteiger partial charge in [-0.1, -0.05) is 36.4 Å². The fourth-order valence-corrected chi connectivity index (χ4v) is 5.23. The Balaban J connectivity index is 1.20. The Kier molecular flexibility index (Phi) is 8.95. The standard InChI is InChI=1S/C34H34F2N2O3/c1-3-41-33-18-23(4-13-32(33)25-7-11-29(36)12-8-25)22-38-16-14-30(15-17-38)37-34(39)27-19-26(20-31(21-27)40-2)24-5-9-28(35)10-6-24/h4-13,18-21,30H,3,14-17,22H2,1-2H3,(H,37,39). The molecule has 1 N–H and O–H groups in total. The van der Waals surface area contributed by atoms with Gasteiger partial charge in [0.05, 0.1) is 13.7 Å². The number of ether oxygens (including phenoxy) is 2. The fraction of sp³-hybridized carbons (Fsp3) is 0.265. The van der Waals surface area contributed by atoms with E-state index in [1.165, 1.54) is 24.3 Å². The summed E-state index contributed by atoms with van der Waals surface area (Å²) in [6, 6.07) is 24.3. The summed E-state index contributed by atoms with van der Waals surface area (Å²) in [5, 5.41) is 3.19. The SMILES string of the molecule is CCOc1cc(CN2CCC(NC(=O)c3cc(OC)cc(-c4ccc(F)cc4)c3)CC2)ccc1-c1ccc(F)cc1. The Hall–Kier alpha value is -4.23. The number of benzene rings is 4. The van der Waals surface area contributed by atoms with E-state index < -0.39 is 0 Å². The zero-order valence-electron chi connectivity index (χ0n) is 23.3. The van der Waals surface area contributed by atoms with Crippen LogP contribution in [0.3, 0.4) is 0 Å². The third-order valence-electron chi connectivity index (χ3n) is 7.41. The van der Waals surface area contributed by atoms with Crippen LogP contribution >= 0.6 is 0 Å². The Morgan fingerprint density at radius 3 is 2.15 bits per heavy atom. The van der Waals surface area contributed by atoms with Gasteiger partial charge in [0.15, 0.2) is 0 Å². The predicted octanol–water partition coefficient (Wildman–Crippen LogP) is 7.10. The van der Waals surface area contributed by atoms with E-state index in [2.05, 4.69) is 22.3 Å². The number of likely N-dealkylation sites (tertiary alicyclic amines) is 1. The Bertz CT molecular complexity index is 1480. The van der Waals surface area contributed by atoms with Crippen molar-refractivity contribution in [2.45, 2.75) is 32.4 Å². The molecule has 0 unspecified atom stereocenters. The number of piperidine rings is 1. The van der Waals surface area contributed by atoms with Crippen molar-refractivity contribution in [2.24, 2.45) is 0 Å². The van der Waals surface area contributed by atoms with Crippen molar-refractivity contribution in [3.63, 3.8) is 0 Å². The summed E-state index contributed by atoms with van der Waals surface area (Å²) in [4.78, 5) is 15.6. The minimum absolute atomic E-state index is 0.0686. The molecule has 0 atom stereocenters. The minimum Gasteiger partial charge on any atom is -0.497 e. The van der Waals surface area contributed by atoms with E-state index in [1.54, 1.807) is 37.4 Å². The molecule has 1 aliphatic heterocycles. The highest BCUT2D eigenvalue weighted by molar-refractivity contribution is 5.96. The first kappa shape index (κ1) is 28.3. The molecule has 1 amide bonds. The molecule has 7 heteroatoms. The van der Waals surface area contributed by atoms with Gasteiger partial charge in [-0.15, -0.1) is 0 Å².